The van der Waals surface area contributed by atoms with E-state index in [4.69, 9.17) is 5.11 Å². The molecular weight excluding hydrogens is 312 g/mol. The fraction of sp³-hybridized carbons (Fsp3) is 0.0667. The fourth-order valence-electron chi connectivity index (χ4n) is 1.68. The zero-order valence-electron chi connectivity index (χ0n) is 11.2. The van der Waals surface area contributed by atoms with Gasteiger partial charge in [-0.15, -0.1) is 11.8 Å². The maximum Gasteiger partial charge on any atom is 0.336 e. The summed E-state index contributed by atoms with van der Waals surface area (Å²) in [6, 6.07) is 9.33. The van der Waals surface area contributed by atoms with Crippen LogP contribution in [-0.4, -0.2) is 22.7 Å². The van der Waals surface area contributed by atoms with Gasteiger partial charge in [0.1, 0.15) is 0 Å². The number of rotatable bonds is 5. The minimum atomic E-state index is -1.08. The van der Waals surface area contributed by atoms with E-state index >= 15 is 0 Å². The minimum Gasteiger partial charge on any atom is -0.478 e. The van der Waals surface area contributed by atoms with E-state index in [1.807, 2.05) is 0 Å². The first-order valence-electron chi connectivity index (χ1n) is 6.17. The molecule has 1 amide bonds. The van der Waals surface area contributed by atoms with Crippen LogP contribution >= 0.6 is 11.8 Å². The molecule has 0 aliphatic rings. The first-order valence-corrected chi connectivity index (χ1v) is 7.16. The molecule has 2 aromatic carbocycles. The molecule has 4 nitrogen and oxygen atoms in total. The SMILES string of the molecule is O=C(CSc1ccccc1C(=O)O)Nc1ccc(F)c(F)c1. The van der Waals surface area contributed by atoms with Gasteiger partial charge in [0, 0.05) is 16.6 Å². The number of aromatic carboxylic acids is 1. The average Bonchev–Trinajstić information content (AvgIpc) is 2.49. The van der Waals surface area contributed by atoms with Crippen LogP contribution in [0, 0.1) is 11.6 Å². The van der Waals surface area contributed by atoms with Gasteiger partial charge >= 0.3 is 5.97 Å². The Kier molecular flexibility index (Phi) is 5.11. The molecule has 0 atom stereocenters. The molecular formula is C15H11F2NO3S. The van der Waals surface area contributed by atoms with Crippen LogP contribution in [0.15, 0.2) is 47.4 Å². The summed E-state index contributed by atoms with van der Waals surface area (Å²) >= 11 is 1.05. The zero-order valence-corrected chi connectivity index (χ0v) is 12.0. The van der Waals surface area contributed by atoms with Gasteiger partial charge in [-0.2, -0.15) is 0 Å². The number of carbonyl (C=O) groups excluding carboxylic acids is 1. The topological polar surface area (TPSA) is 66.4 Å². The van der Waals surface area contributed by atoms with E-state index in [2.05, 4.69) is 5.32 Å². The molecule has 2 rings (SSSR count). The minimum absolute atomic E-state index is 0.0523. The highest BCUT2D eigenvalue weighted by atomic mass is 32.2. The zero-order chi connectivity index (χ0) is 16.1. The molecule has 0 bridgehead atoms. The van der Waals surface area contributed by atoms with Crippen molar-refractivity contribution in [1.29, 1.82) is 0 Å². The van der Waals surface area contributed by atoms with Gasteiger partial charge in [0.25, 0.3) is 0 Å². The number of amides is 1. The highest BCUT2D eigenvalue weighted by Gasteiger charge is 2.12. The van der Waals surface area contributed by atoms with Crippen molar-refractivity contribution in [3.8, 4) is 0 Å². The molecule has 22 heavy (non-hydrogen) atoms. The summed E-state index contributed by atoms with van der Waals surface area (Å²) in [5, 5.41) is 11.4. The Morgan fingerprint density at radius 1 is 1.09 bits per heavy atom. The van der Waals surface area contributed by atoms with Gasteiger partial charge in [-0.3, -0.25) is 4.79 Å². The van der Waals surface area contributed by atoms with Crippen LogP contribution in [-0.2, 0) is 4.79 Å². The predicted octanol–water partition coefficient (Wildman–Crippen LogP) is 3.39. The molecule has 0 saturated heterocycles. The number of carbonyl (C=O) groups is 2. The van der Waals surface area contributed by atoms with E-state index < -0.39 is 23.5 Å². The molecule has 7 heteroatoms. The molecule has 0 aromatic heterocycles. The summed E-state index contributed by atoms with van der Waals surface area (Å²) in [5.41, 5.74) is 0.240. The van der Waals surface area contributed by atoms with E-state index in [9.17, 15) is 18.4 Å². The second-order valence-corrected chi connectivity index (χ2v) is 5.28. The van der Waals surface area contributed by atoms with Gasteiger partial charge < -0.3 is 10.4 Å². The summed E-state index contributed by atoms with van der Waals surface area (Å²) in [6.07, 6.45) is 0. The number of carboxylic acid groups (broad SMARTS) is 1. The molecule has 0 unspecified atom stereocenters. The molecule has 0 fully saturated rings. The lowest BCUT2D eigenvalue weighted by molar-refractivity contribution is -0.113. The largest absolute Gasteiger partial charge is 0.478 e. The van der Waals surface area contributed by atoms with E-state index in [1.165, 1.54) is 12.1 Å². The average molecular weight is 323 g/mol. The number of hydrogen-bond donors (Lipinski definition) is 2. The third-order valence-corrected chi connectivity index (χ3v) is 3.75. The number of anilines is 1. The van der Waals surface area contributed by atoms with E-state index in [0.717, 1.165) is 23.9 Å². The molecule has 0 radical (unpaired) electrons. The molecule has 2 N–H and O–H groups in total. The number of halogens is 2. The molecule has 0 aliphatic carbocycles. The molecule has 0 heterocycles. The van der Waals surface area contributed by atoms with Gasteiger partial charge in [0.2, 0.25) is 5.91 Å². The van der Waals surface area contributed by atoms with Crippen molar-refractivity contribution in [2.24, 2.45) is 0 Å². The maximum absolute atomic E-state index is 13.0. The van der Waals surface area contributed by atoms with Crippen LogP contribution in [0.3, 0.4) is 0 Å². The molecule has 2 aromatic rings. The number of benzene rings is 2. The van der Waals surface area contributed by atoms with Crippen molar-refractivity contribution >= 4 is 29.3 Å². The fourth-order valence-corrected chi connectivity index (χ4v) is 2.53. The van der Waals surface area contributed by atoms with Crippen LogP contribution in [0.25, 0.3) is 0 Å². The summed E-state index contributed by atoms with van der Waals surface area (Å²) < 4.78 is 25.8. The lowest BCUT2D eigenvalue weighted by atomic mass is 10.2. The Bertz CT molecular complexity index is 722. The van der Waals surface area contributed by atoms with Crippen LogP contribution < -0.4 is 5.32 Å². The van der Waals surface area contributed by atoms with Gasteiger partial charge in [0.05, 0.1) is 11.3 Å². The first kappa shape index (κ1) is 16.0. The van der Waals surface area contributed by atoms with Crippen LogP contribution in [0.5, 0.6) is 0 Å². The summed E-state index contributed by atoms with van der Waals surface area (Å²) in [5.74, 6) is -3.63. The molecule has 0 aliphatic heterocycles. The van der Waals surface area contributed by atoms with Crippen molar-refractivity contribution < 1.29 is 23.5 Å². The third kappa shape index (κ3) is 4.05. The standard InChI is InChI=1S/C15H11F2NO3S/c16-11-6-5-9(7-12(11)17)18-14(19)8-22-13-4-2-1-3-10(13)15(20)21/h1-7H,8H2,(H,18,19)(H,20,21). The Labute approximate surface area is 129 Å². The Morgan fingerprint density at radius 3 is 2.50 bits per heavy atom. The van der Waals surface area contributed by atoms with Crippen molar-refractivity contribution in [2.75, 3.05) is 11.1 Å². The predicted molar refractivity (Wildman–Crippen MR) is 79.1 cm³/mol. The van der Waals surface area contributed by atoms with Crippen molar-refractivity contribution in [3.63, 3.8) is 0 Å². The lowest BCUT2D eigenvalue weighted by Crippen LogP contribution is -2.14. The van der Waals surface area contributed by atoms with Gasteiger partial charge in [-0.05, 0) is 24.3 Å². The van der Waals surface area contributed by atoms with Crippen LogP contribution in [0.2, 0.25) is 0 Å². The highest BCUT2D eigenvalue weighted by Crippen LogP contribution is 2.23. The summed E-state index contributed by atoms with van der Waals surface area (Å²) in [6.45, 7) is 0. The number of nitrogens with one attached hydrogen (secondary N) is 1. The highest BCUT2D eigenvalue weighted by molar-refractivity contribution is 8.00. The van der Waals surface area contributed by atoms with Gasteiger partial charge in [-0.1, -0.05) is 12.1 Å². The van der Waals surface area contributed by atoms with E-state index in [1.54, 1.807) is 18.2 Å². The first-order chi connectivity index (χ1) is 10.5. The second kappa shape index (κ2) is 7.04. The summed E-state index contributed by atoms with van der Waals surface area (Å²) in [7, 11) is 0. The van der Waals surface area contributed by atoms with Crippen molar-refractivity contribution in [3.05, 3.63) is 59.7 Å². The number of thioether (sulfide) groups is 1. The Balaban J connectivity index is 1.98. The second-order valence-electron chi connectivity index (χ2n) is 4.27. The molecule has 0 spiro atoms. The van der Waals surface area contributed by atoms with Crippen LogP contribution in [0.4, 0.5) is 14.5 Å². The number of carboxylic acids is 1. The monoisotopic (exact) mass is 323 g/mol. The Hall–Kier alpha value is -2.41. The Morgan fingerprint density at radius 2 is 1.82 bits per heavy atom. The summed E-state index contributed by atoms with van der Waals surface area (Å²) in [4.78, 5) is 23.3. The molecule has 0 saturated carbocycles. The normalized spacial score (nSPS) is 10.3. The van der Waals surface area contributed by atoms with Crippen LogP contribution in [0.1, 0.15) is 10.4 Å². The van der Waals surface area contributed by atoms with Crippen molar-refractivity contribution in [2.45, 2.75) is 4.90 Å². The molecule has 114 valence electrons. The van der Waals surface area contributed by atoms with E-state index in [0.29, 0.717) is 4.90 Å². The lowest BCUT2D eigenvalue weighted by Gasteiger charge is -2.07. The maximum atomic E-state index is 13.0. The smallest absolute Gasteiger partial charge is 0.336 e. The van der Waals surface area contributed by atoms with E-state index in [-0.39, 0.29) is 17.0 Å². The number of hydrogen-bond acceptors (Lipinski definition) is 3. The third-order valence-electron chi connectivity index (χ3n) is 2.68. The van der Waals surface area contributed by atoms with Crippen molar-refractivity contribution in [1.82, 2.24) is 0 Å². The van der Waals surface area contributed by atoms with Gasteiger partial charge in [0.15, 0.2) is 11.6 Å². The van der Waals surface area contributed by atoms with Gasteiger partial charge in [-0.25, -0.2) is 13.6 Å². The quantitative estimate of drug-likeness (QED) is 0.828.